The van der Waals surface area contributed by atoms with Gasteiger partial charge in [-0.3, -0.25) is 4.79 Å². The van der Waals surface area contributed by atoms with Crippen molar-refractivity contribution >= 4 is 17.7 Å². The lowest BCUT2D eigenvalue weighted by Gasteiger charge is -2.15. The SMILES string of the molecule is CSCC[C@@H](N)C(=O)NCC1(CO)CC1. The summed E-state index contributed by atoms with van der Waals surface area (Å²) in [6, 6.07) is -0.410. The number of rotatable bonds is 7. The Labute approximate surface area is 95.0 Å². The first kappa shape index (κ1) is 12.8. The van der Waals surface area contributed by atoms with E-state index in [4.69, 9.17) is 10.8 Å². The summed E-state index contributed by atoms with van der Waals surface area (Å²) in [4.78, 5) is 11.5. The maximum absolute atomic E-state index is 11.5. The van der Waals surface area contributed by atoms with E-state index in [0.717, 1.165) is 18.6 Å². The Balaban J connectivity index is 2.17. The van der Waals surface area contributed by atoms with Crippen molar-refractivity contribution in [3.63, 3.8) is 0 Å². The van der Waals surface area contributed by atoms with E-state index in [0.29, 0.717) is 13.0 Å². The highest BCUT2D eigenvalue weighted by atomic mass is 32.2. The highest BCUT2D eigenvalue weighted by Crippen LogP contribution is 2.44. The Kier molecular flexibility index (Phi) is 4.89. The Hall–Kier alpha value is -0.260. The predicted molar refractivity (Wildman–Crippen MR) is 62.7 cm³/mol. The summed E-state index contributed by atoms with van der Waals surface area (Å²) >= 11 is 1.69. The summed E-state index contributed by atoms with van der Waals surface area (Å²) in [6.45, 7) is 0.725. The van der Waals surface area contributed by atoms with Crippen LogP contribution in [-0.2, 0) is 4.79 Å². The second kappa shape index (κ2) is 5.72. The molecule has 4 N–H and O–H groups in total. The van der Waals surface area contributed by atoms with Crippen LogP contribution in [0.5, 0.6) is 0 Å². The van der Waals surface area contributed by atoms with Crippen LogP contribution < -0.4 is 11.1 Å². The van der Waals surface area contributed by atoms with Crippen molar-refractivity contribution in [3.05, 3.63) is 0 Å². The van der Waals surface area contributed by atoms with Gasteiger partial charge in [0.15, 0.2) is 0 Å². The first-order chi connectivity index (χ1) is 7.13. The molecule has 1 amide bonds. The topological polar surface area (TPSA) is 75.4 Å². The number of thioether (sulfide) groups is 1. The quantitative estimate of drug-likeness (QED) is 0.575. The maximum atomic E-state index is 11.5. The number of nitrogens with one attached hydrogen (secondary N) is 1. The molecule has 4 nitrogen and oxygen atoms in total. The third-order valence-corrected chi connectivity index (χ3v) is 3.54. The van der Waals surface area contributed by atoms with Gasteiger partial charge >= 0.3 is 0 Å². The van der Waals surface area contributed by atoms with E-state index in [1.165, 1.54) is 0 Å². The van der Waals surface area contributed by atoms with E-state index in [1.807, 2.05) is 6.26 Å². The second-order valence-corrected chi connectivity index (χ2v) is 5.25. The smallest absolute Gasteiger partial charge is 0.236 e. The molecule has 0 bridgehead atoms. The lowest BCUT2D eigenvalue weighted by Crippen LogP contribution is -2.43. The lowest BCUT2D eigenvalue weighted by atomic mass is 10.1. The molecule has 0 heterocycles. The van der Waals surface area contributed by atoms with Gasteiger partial charge in [-0.15, -0.1) is 0 Å². The van der Waals surface area contributed by atoms with Crippen LogP contribution in [0.15, 0.2) is 0 Å². The minimum Gasteiger partial charge on any atom is -0.396 e. The molecule has 0 radical (unpaired) electrons. The minimum absolute atomic E-state index is 0.0329. The van der Waals surface area contributed by atoms with Crippen LogP contribution in [0.4, 0.5) is 0 Å². The Bertz CT molecular complexity index is 219. The van der Waals surface area contributed by atoms with Crippen LogP contribution in [0, 0.1) is 5.41 Å². The molecule has 1 saturated carbocycles. The fourth-order valence-electron chi connectivity index (χ4n) is 1.35. The van der Waals surface area contributed by atoms with Crippen LogP contribution in [0.1, 0.15) is 19.3 Å². The highest BCUT2D eigenvalue weighted by molar-refractivity contribution is 7.98. The molecular weight excluding hydrogens is 212 g/mol. The molecular formula is C10H20N2O2S. The summed E-state index contributed by atoms with van der Waals surface area (Å²) in [7, 11) is 0. The van der Waals surface area contributed by atoms with E-state index in [1.54, 1.807) is 11.8 Å². The summed E-state index contributed by atoms with van der Waals surface area (Å²) in [5, 5.41) is 11.9. The van der Waals surface area contributed by atoms with Gasteiger partial charge in [0.1, 0.15) is 0 Å². The zero-order chi connectivity index (χ0) is 11.3. The van der Waals surface area contributed by atoms with Gasteiger partial charge in [0.2, 0.25) is 5.91 Å². The average Bonchev–Trinajstić information content (AvgIpc) is 3.03. The zero-order valence-corrected chi connectivity index (χ0v) is 9.98. The highest BCUT2D eigenvalue weighted by Gasteiger charge is 2.42. The summed E-state index contributed by atoms with van der Waals surface area (Å²) in [5.41, 5.74) is 5.67. The van der Waals surface area contributed by atoms with Crippen molar-refractivity contribution in [2.75, 3.05) is 25.2 Å². The maximum Gasteiger partial charge on any atom is 0.236 e. The lowest BCUT2D eigenvalue weighted by molar-refractivity contribution is -0.122. The molecule has 5 heteroatoms. The van der Waals surface area contributed by atoms with E-state index >= 15 is 0 Å². The minimum atomic E-state index is -0.410. The number of aliphatic hydroxyl groups is 1. The van der Waals surface area contributed by atoms with Crippen molar-refractivity contribution in [2.24, 2.45) is 11.1 Å². The van der Waals surface area contributed by atoms with Gasteiger partial charge in [-0.25, -0.2) is 0 Å². The molecule has 0 unspecified atom stereocenters. The van der Waals surface area contributed by atoms with Gasteiger partial charge in [0.25, 0.3) is 0 Å². The molecule has 0 saturated heterocycles. The molecule has 0 aromatic heterocycles. The van der Waals surface area contributed by atoms with Crippen LogP contribution in [-0.4, -0.2) is 42.2 Å². The molecule has 1 atom stereocenters. The van der Waals surface area contributed by atoms with Crippen molar-refractivity contribution in [3.8, 4) is 0 Å². The largest absolute Gasteiger partial charge is 0.396 e. The molecule has 88 valence electrons. The van der Waals surface area contributed by atoms with E-state index in [9.17, 15) is 4.79 Å². The zero-order valence-electron chi connectivity index (χ0n) is 9.16. The van der Waals surface area contributed by atoms with Crippen LogP contribution >= 0.6 is 11.8 Å². The van der Waals surface area contributed by atoms with E-state index in [-0.39, 0.29) is 17.9 Å². The monoisotopic (exact) mass is 232 g/mol. The predicted octanol–water partition coefficient (Wildman–Crippen LogP) is -0.0445. The number of aliphatic hydroxyl groups excluding tert-OH is 1. The molecule has 0 spiro atoms. The fourth-order valence-corrected chi connectivity index (χ4v) is 1.84. The number of carbonyl (C=O) groups excluding carboxylic acids is 1. The molecule has 1 fully saturated rings. The molecule has 1 rings (SSSR count). The molecule has 1 aliphatic rings. The Morgan fingerprint density at radius 2 is 2.33 bits per heavy atom. The molecule has 0 aromatic carbocycles. The van der Waals surface area contributed by atoms with Crippen molar-refractivity contribution < 1.29 is 9.90 Å². The molecule has 0 aliphatic heterocycles. The van der Waals surface area contributed by atoms with Crippen molar-refractivity contribution in [1.82, 2.24) is 5.32 Å². The van der Waals surface area contributed by atoms with Gasteiger partial charge in [-0.05, 0) is 31.3 Å². The number of amides is 1. The standard InChI is InChI=1S/C10H20N2O2S/c1-15-5-2-8(11)9(14)12-6-10(7-13)3-4-10/h8,13H,2-7,11H2,1H3,(H,12,14)/t8-/m1/s1. The van der Waals surface area contributed by atoms with Gasteiger partial charge in [0.05, 0.1) is 12.6 Å². The molecule has 0 aromatic rings. The van der Waals surface area contributed by atoms with Gasteiger partial charge in [-0.2, -0.15) is 11.8 Å². The second-order valence-electron chi connectivity index (χ2n) is 4.26. The number of carbonyl (C=O) groups is 1. The number of hydrogen-bond acceptors (Lipinski definition) is 4. The number of nitrogens with two attached hydrogens (primary N) is 1. The van der Waals surface area contributed by atoms with E-state index in [2.05, 4.69) is 5.32 Å². The summed E-state index contributed by atoms with van der Waals surface area (Å²) in [6.07, 6.45) is 4.71. The fraction of sp³-hybridized carbons (Fsp3) is 0.900. The Morgan fingerprint density at radius 3 is 2.80 bits per heavy atom. The number of hydrogen-bond donors (Lipinski definition) is 3. The van der Waals surface area contributed by atoms with E-state index < -0.39 is 6.04 Å². The first-order valence-electron chi connectivity index (χ1n) is 5.27. The van der Waals surface area contributed by atoms with Crippen molar-refractivity contribution in [1.29, 1.82) is 0 Å². The van der Waals surface area contributed by atoms with Crippen LogP contribution in [0.25, 0.3) is 0 Å². The van der Waals surface area contributed by atoms with Gasteiger partial charge < -0.3 is 16.2 Å². The van der Waals surface area contributed by atoms with Gasteiger partial charge in [0, 0.05) is 12.0 Å². The molecule has 15 heavy (non-hydrogen) atoms. The van der Waals surface area contributed by atoms with Crippen LogP contribution in [0.3, 0.4) is 0 Å². The van der Waals surface area contributed by atoms with Gasteiger partial charge in [-0.1, -0.05) is 0 Å². The first-order valence-corrected chi connectivity index (χ1v) is 6.66. The molecule has 1 aliphatic carbocycles. The third-order valence-electron chi connectivity index (χ3n) is 2.90. The summed E-state index contributed by atoms with van der Waals surface area (Å²) < 4.78 is 0. The summed E-state index contributed by atoms with van der Waals surface area (Å²) in [5.74, 6) is 0.809. The van der Waals surface area contributed by atoms with Crippen LogP contribution in [0.2, 0.25) is 0 Å². The Morgan fingerprint density at radius 1 is 1.67 bits per heavy atom. The third kappa shape index (κ3) is 4.01. The van der Waals surface area contributed by atoms with Crippen molar-refractivity contribution in [2.45, 2.75) is 25.3 Å². The normalized spacial score (nSPS) is 19.7. The average molecular weight is 232 g/mol.